The number of nitrogens with one attached hydrogen (secondary N) is 1. The highest BCUT2D eigenvalue weighted by Gasteiger charge is 2.33. The van der Waals surface area contributed by atoms with Crippen LogP contribution in [0.15, 0.2) is 0 Å². The summed E-state index contributed by atoms with van der Waals surface area (Å²) in [5.74, 6) is 1.50. The van der Waals surface area contributed by atoms with E-state index in [0.717, 1.165) is 31.3 Å². The fourth-order valence-corrected chi connectivity index (χ4v) is 3.12. The molecule has 0 radical (unpaired) electrons. The van der Waals surface area contributed by atoms with E-state index in [0.29, 0.717) is 12.1 Å². The molecule has 126 valence electrons. The Morgan fingerprint density at radius 1 is 1.19 bits per heavy atom. The predicted octanol–water partition coefficient (Wildman–Crippen LogP) is 3.54. The van der Waals surface area contributed by atoms with E-state index in [1.54, 1.807) is 0 Å². The molecule has 0 spiro atoms. The molecule has 4 atom stereocenters. The second-order valence-corrected chi connectivity index (χ2v) is 7.56. The SMILES string of the molecule is CCC(C)C1CN(CCC(C)(C)OC)C(C(C)CC)CN1. The molecule has 1 saturated heterocycles. The van der Waals surface area contributed by atoms with Crippen molar-refractivity contribution in [2.45, 2.75) is 78.5 Å². The minimum absolute atomic E-state index is 0.0171. The molecule has 0 bridgehead atoms. The van der Waals surface area contributed by atoms with Crippen LogP contribution in [0.2, 0.25) is 0 Å². The normalized spacial score (nSPS) is 27.6. The van der Waals surface area contributed by atoms with E-state index in [-0.39, 0.29) is 5.60 Å². The first-order chi connectivity index (χ1) is 9.84. The van der Waals surface area contributed by atoms with Crippen molar-refractivity contribution in [2.24, 2.45) is 11.8 Å². The van der Waals surface area contributed by atoms with Gasteiger partial charge in [0.2, 0.25) is 0 Å². The molecule has 1 fully saturated rings. The summed E-state index contributed by atoms with van der Waals surface area (Å²) in [7, 11) is 1.83. The molecule has 4 unspecified atom stereocenters. The lowest BCUT2D eigenvalue weighted by molar-refractivity contribution is -0.00664. The van der Waals surface area contributed by atoms with Gasteiger partial charge in [-0.05, 0) is 32.1 Å². The van der Waals surface area contributed by atoms with Crippen molar-refractivity contribution in [1.29, 1.82) is 0 Å². The molecular formula is C18H38N2O. The molecule has 1 aliphatic heterocycles. The van der Waals surface area contributed by atoms with Crippen LogP contribution < -0.4 is 5.32 Å². The maximum Gasteiger partial charge on any atom is 0.0634 e. The van der Waals surface area contributed by atoms with Gasteiger partial charge >= 0.3 is 0 Å². The minimum Gasteiger partial charge on any atom is -0.379 e. The number of rotatable bonds is 8. The lowest BCUT2D eigenvalue weighted by Crippen LogP contribution is -2.60. The average molecular weight is 299 g/mol. The Balaban J connectivity index is 2.69. The van der Waals surface area contributed by atoms with Crippen molar-refractivity contribution < 1.29 is 4.74 Å². The molecule has 1 aliphatic rings. The van der Waals surface area contributed by atoms with Crippen LogP contribution in [-0.4, -0.2) is 49.3 Å². The summed E-state index contributed by atoms with van der Waals surface area (Å²) in [4.78, 5) is 2.72. The second kappa shape index (κ2) is 8.50. The molecule has 1 heterocycles. The molecule has 3 heteroatoms. The van der Waals surface area contributed by atoms with E-state index in [1.165, 1.54) is 19.4 Å². The van der Waals surface area contributed by atoms with Gasteiger partial charge in [0.15, 0.2) is 0 Å². The van der Waals surface area contributed by atoms with Crippen LogP contribution >= 0.6 is 0 Å². The fraction of sp³-hybridized carbons (Fsp3) is 1.00. The maximum atomic E-state index is 5.60. The summed E-state index contributed by atoms with van der Waals surface area (Å²) in [5, 5.41) is 3.80. The molecule has 3 nitrogen and oxygen atoms in total. The highest BCUT2D eigenvalue weighted by molar-refractivity contribution is 4.91. The molecule has 0 amide bonds. The van der Waals surface area contributed by atoms with Gasteiger partial charge in [-0.1, -0.05) is 40.5 Å². The third kappa shape index (κ3) is 5.54. The van der Waals surface area contributed by atoms with Gasteiger partial charge in [-0.15, -0.1) is 0 Å². The standard InChI is InChI=1S/C18H38N2O/c1-8-14(3)16-13-20(11-10-18(5,6)21-7)17(12-19-16)15(4)9-2/h14-17,19H,8-13H2,1-7H3. The number of hydrogen-bond donors (Lipinski definition) is 1. The zero-order valence-electron chi connectivity index (χ0n) is 15.4. The summed E-state index contributed by atoms with van der Waals surface area (Å²) < 4.78 is 5.60. The molecule has 1 N–H and O–H groups in total. The zero-order chi connectivity index (χ0) is 16.0. The van der Waals surface area contributed by atoms with Crippen LogP contribution in [0, 0.1) is 11.8 Å². The predicted molar refractivity (Wildman–Crippen MR) is 91.8 cm³/mol. The first-order valence-electron chi connectivity index (χ1n) is 8.87. The summed E-state index contributed by atoms with van der Waals surface area (Å²) in [6.45, 7) is 17.2. The van der Waals surface area contributed by atoms with Crippen LogP contribution in [0.1, 0.15) is 60.8 Å². The Hall–Kier alpha value is -0.120. The van der Waals surface area contributed by atoms with Crippen molar-refractivity contribution in [3.63, 3.8) is 0 Å². The molecule has 21 heavy (non-hydrogen) atoms. The summed E-state index contributed by atoms with van der Waals surface area (Å²) >= 11 is 0. The minimum atomic E-state index is -0.0171. The van der Waals surface area contributed by atoms with Crippen molar-refractivity contribution in [3.05, 3.63) is 0 Å². The summed E-state index contributed by atoms with van der Waals surface area (Å²) in [5.41, 5.74) is -0.0171. The molecule has 0 aliphatic carbocycles. The van der Waals surface area contributed by atoms with E-state index >= 15 is 0 Å². The van der Waals surface area contributed by atoms with Gasteiger partial charge in [0.1, 0.15) is 0 Å². The largest absolute Gasteiger partial charge is 0.379 e. The highest BCUT2D eigenvalue weighted by atomic mass is 16.5. The van der Waals surface area contributed by atoms with E-state index in [2.05, 4.69) is 51.8 Å². The van der Waals surface area contributed by atoms with E-state index in [4.69, 9.17) is 4.74 Å². The van der Waals surface area contributed by atoms with E-state index in [9.17, 15) is 0 Å². The van der Waals surface area contributed by atoms with Crippen LogP contribution in [0.5, 0.6) is 0 Å². The number of methoxy groups -OCH3 is 1. The summed E-state index contributed by atoms with van der Waals surface area (Å²) in [6, 6.07) is 1.31. The zero-order valence-corrected chi connectivity index (χ0v) is 15.4. The van der Waals surface area contributed by atoms with Crippen molar-refractivity contribution in [1.82, 2.24) is 10.2 Å². The number of ether oxygens (including phenoxy) is 1. The van der Waals surface area contributed by atoms with Crippen molar-refractivity contribution >= 4 is 0 Å². The first kappa shape index (κ1) is 18.9. The van der Waals surface area contributed by atoms with Gasteiger partial charge < -0.3 is 10.1 Å². The molecule has 0 aromatic rings. The fourth-order valence-electron chi connectivity index (χ4n) is 3.12. The van der Waals surface area contributed by atoms with E-state index in [1.807, 2.05) is 7.11 Å². The quantitative estimate of drug-likeness (QED) is 0.742. The van der Waals surface area contributed by atoms with Gasteiger partial charge in [-0.3, -0.25) is 4.90 Å². The number of hydrogen-bond acceptors (Lipinski definition) is 3. The Bertz CT molecular complexity index is 293. The van der Waals surface area contributed by atoms with Gasteiger partial charge in [0.25, 0.3) is 0 Å². The van der Waals surface area contributed by atoms with Crippen LogP contribution in [0.3, 0.4) is 0 Å². The summed E-state index contributed by atoms with van der Waals surface area (Å²) in [6.07, 6.45) is 3.61. The highest BCUT2D eigenvalue weighted by Crippen LogP contribution is 2.23. The van der Waals surface area contributed by atoms with Crippen molar-refractivity contribution in [2.75, 3.05) is 26.7 Å². The van der Waals surface area contributed by atoms with Gasteiger partial charge in [0, 0.05) is 38.8 Å². The molecule has 0 saturated carbocycles. The van der Waals surface area contributed by atoms with Gasteiger partial charge in [-0.2, -0.15) is 0 Å². The monoisotopic (exact) mass is 298 g/mol. The van der Waals surface area contributed by atoms with Crippen LogP contribution in [0.25, 0.3) is 0 Å². The lowest BCUT2D eigenvalue weighted by atomic mass is 9.89. The molecular weight excluding hydrogens is 260 g/mol. The van der Waals surface area contributed by atoms with Gasteiger partial charge in [-0.25, -0.2) is 0 Å². The molecule has 0 aromatic carbocycles. The Labute approximate surface area is 132 Å². The van der Waals surface area contributed by atoms with Crippen LogP contribution in [0.4, 0.5) is 0 Å². The molecule has 0 aromatic heterocycles. The van der Waals surface area contributed by atoms with E-state index < -0.39 is 0 Å². The Morgan fingerprint density at radius 2 is 1.81 bits per heavy atom. The Morgan fingerprint density at radius 3 is 2.33 bits per heavy atom. The third-order valence-electron chi connectivity index (χ3n) is 5.67. The topological polar surface area (TPSA) is 24.5 Å². The Kier molecular flexibility index (Phi) is 7.66. The lowest BCUT2D eigenvalue weighted by Gasteiger charge is -2.45. The van der Waals surface area contributed by atoms with Crippen LogP contribution in [-0.2, 0) is 4.74 Å². The van der Waals surface area contributed by atoms with Crippen molar-refractivity contribution in [3.8, 4) is 0 Å². The maximum absolute atomic E-state index is 5.60. The number of nitrogens with zero attached hydrogens (tertiary/aromatic N) is 1. The smallest absolute Gasteiger partial charge is 0.0634 e. The average Bonchev–Trinajstić information content (AvgIpc) is 2.51. The third-order valence-corrected chi connectivity index (χ3v) is 5.67. The number of piperazine rings is 1. The second-order valence-electron chi connectivity index (χ2n) is 7.56. The molecule has 1 rings (SSSR count). The van der Waals surface area contributed by atoms with Gasteiger partial charge in [0.05, 0.1) is 5.60 Å². The first-order valence-corrected chi connectivity index (χ1v) is 8.87.